The molecule has 1 aliphatic rings. The number of nitrogens with zero attached hydrogens (tertiary/aromatic N) is 1. The second-order valence-electron chi connectivity index (χ2n) is 7.35. The predicted octanol–water partition coefficient (Wildman–Crippen LogP) is 3.07. The Balaban J connectivity index is 1.32. The van der Waals surface area contributed by atoms with Gasteiger partial charge in [-0.25, -0.2) is 13.6 Å². The minimum atomic E-state index is -0.824. The number of carbonyl (C=O) groups is 2. The SMILES string of the molecule is O=C(NC1CN(C(=O)c2ccc(-c3ccc(F)cc3F)[nH]c2=O)C1)OCc1ccccc1. The number of alkyl carbamates (subject to hydrolysis) is 1. The van der Waals surface area contributed by atoms with Crippen molar-refractivity contribution in [3.8, 4) is 11.3 Å². The van der Waals surface area contributed by atoms with E-state index < -0.39 is 29.2 Å². The van der Waals surface area contributed by atoms with Crippen LogP contribution in [0.2, 0.25) is 0 Å². The smallest absolute Gasteiger partial charge is 0.407 e. The zero-order valence-electron chi connectivity index (χ0n) is 16.8. The van der Waals surface area contributed by atoms with E-state index in [0.717, 1.165) is 11.6 Å². The molecule has 1 aromatic heterocycles. The standard InChI is InChI=1S/C23H19F2N3O4/c24-15-6-7-17(19(25)10-15)20-9-8-18(21(29)27-20)22(30)28-11-16(12-28)26-23(31)32-13-14-4-2-1-3-5-14/h1-10,16H,11-13H2,(H,26,31)(H,27,29). The Labute approximate surface area is 181 Å². The number of likely N-dealkylation sites (tertiary alicyclic amines) is 1. The van der Waals surface area contributed by atoms with Crippen LogP contribution >= 0.6 is 0 Å². The molecular formula is C23H19F2N3O4. The maximum Gasteiger partial charge on any atom is 0.407 e. The molecule has 2 heterocycles. The van der Waals surface area contributed by atoms with Crippen LogP contribution in [0, 0.1) is 11.6 Å². The van der Waals surface area contributed by atoms with E-state index in [2.05, 4.69) is 10.3 Å². The third kappa shape index (κ3) is 4.66. The molecule has 2 aromatic carbocycles. The van der Waals surface area contributed by atoms with Crippen LogP contribution in [0.25, 0.3) is 11.3 Å². The Bertz CT molecular complexity index is 1210. The van der Waals surface area contributed by atoms with E-state index in [4.69, 9.17) is 4.74 Å². The lowest BCUT2D eigenvalue weighted by Crippen LogP contribution is -2.61. The number of nitrogens with one attached hydrogen (secondary N) is 2. The molecule has 32 heavy (non-hydrogen) atoms. The Morgan fingerprint density at radius 1 is 1.06 bits per heavy atom. The molecule has 2 N–H and O–H groups in total. The topological polar surface area (TPSA) is 91.5 Å². The fraction of sp³-hybridized carbons (Fsp3) is 0.174. The third-order valence-corrected chi connectivity index (χ3v) is 5.06. The summed E-state index contributed by atoms with van der Waals surface area (Å²) in [5, 5.41) is 2.67. The van der Waals surface area contributed by atoms with Gasteiger partial charge in [0.1, 0.15) is 23.8 Å². The molecule has 0 bridgehead atoms. The van der Waals surface area contributed by atoms with Gasteiger partial charge >= 0.3 is 6.09 Å². The van der Waals surface area contributed by atoms with Gasteiger partial charge < -0.3 is 19.9 Å². The maximum absolute atomic E-state index is 13.9. The van der Waals surface area contributed by atoms with E-state index in [1.54, 1.807) is 0 Å². The summed E-state index contributed by atoms with van der Waals surface area (Å²) >= 11 is 0. The zero-order chi connectivity index (χ0) is 22.7. The number of halogens is 2. The Kier molecular flexibility index (Phi) is 5.98. The molecule has 2 amide bonds. The van der Waals surface area contributed by atoms with Crippen molar-refractivity contribution < 1.29 is 23.1 Å². The molecule has 1 saturated heterocycles. The van der Waals surface area contributed by atoms with Crippen molar-refractivity contribution in [3.63, 3.8) is 0 Å². The van der Waals surface area contributed by atoms with Crippen molar-refractivity contribution >= 4 is 12.0 Å². The highest BCUT2D eigenvalue weighted by Gasteiger charge is 2.33. The van der Waals surface area contributed by atoms with E-state index in [9.17, 15) is 23.2 Å². The molecule has 0 atom stereocenters. The Morgan fingerprint density at radius 2 is 1.81 bits per heavy atom. The summed E-state index contributed by atoms with van der Waals surface area (Å²) in [6.45, 7) is 0.596. The summed E-state index contributed by atoms with van der Waals surface area (Å²) in [5.74, 6) is -2.06. The average Bonchev–Trinajstić information content (AvgIpc) is 2.75. The number of benzene rings is 2. The lowest BCUT2D eigenvalue weighted by molar-refractivity contribution is 0.0544. The molecule has 164 valence electrons. The number of hydrogen-bond donors (Lipinski definition) is 2. The lowest BCUT2D eigenvalue weighted by atomic mass is 10.1. The minimum Gasteiger partial charge on any atom is -0.445 e. The maximum atomic E-state index is 13.9. The largest absolute Gasteiger partial charge is 0.445 e. The van der Waals surface area contributed by atoms with Crippen LogP contribution in [0.5, 0.6) is 0 Å². The van der Waals surface area contributed by atoms with Gasteiger partial charge in [-0.1, -0.05) is 30.3 Å². The first kappa shape index (κ1) is 21.2. The van der Waals surface area contributed by atoms with Crippen molar-refractivity contribution in [1.82, 2.24) is 15.2 Å². The molecule has 9 heteroatoms. The Hall–Kier alpha value is -4.01. The van der Waals surface area contributed by atoms with E-state index in [0.29, 0.717) is 6.07 Å². The highest BCUT2D eigenvalue weighted by Crippen LogP contribution is 2.21. The third-order valence-electron chi connectivity index (χ3n) is 5.06. The van der Waals surface area contributed by atoms with Crippen molar-refractivity contribution in [2.45, 2.75) is 12.6 Å². The summed E-state index contributed by atoms with van der Waals surface area (Å²) in [5.41, 5.74) is 0.214. The summed E-state index contributed by atoms with van der Waals surface area (Å²) in [7, 11) is 0. The summed E-state index contributed by atoms with van der Waals surface area (Å²) in [4.78, 5) is 40.7. The van der Waals surface area contributed by atoms with Crippen molar-refractivity contribution in [2.24, 2.45) is 0 Å². The number of hydrogen-bond acceptors (Lipinski definition) is 4. The van der Waals surface area contributed by atoms with Crippen LogP contribution in [0.1, 0.15) is 15.9 Å². The molecular weight excluding hydrogens is 420 g/mol. The van der Waals surface area contributed by atoms with Gasteiger partial charge in [0, 0.05) is 24.7 Å². The molecule has 1 aliphatic heterocycles. The number of H-pyrrole nitrogens is 1. The summed E-state index contributed by atoms with van der Waals surface area (Å²) in [6.07, 6.45) is -0.588. The van der Waals surface area contributed by atoms with Gasteiger partial charge in [-0.2, -0.15) is 0 Å². The molecule has 1 fully saturated rings. The van der Waals surface area contributed by atoms with Gasteiger partial charge in [-0.05, 0) is 29.8 Å². The quantitative estimate of drug-likeness (QED) is 0.639. The van der Waals surface area contributed by atoms with Gasteiger partial charge in [0.15, 0.2) is 0 Å². The van der Waals surface area contributed by atoms with Gasteiger partial charge in [-0.3, -0.25) is 9.59 Å². The fourth-order valence-corrected chi connectivity index (χ4v) is 3.34. The number of aromatic amines is 1. The van der Waals surface area contributed by atoms with E-state index in [-0.39, 0.29) is 42.6 Å². The second kappa shape index (κ2) is 9.01. The monoisotopic (exact) mass is 439 g/mol. The van der Waals surface area contributed by atoms with Crippen molar-refractivity contribution in [2.75, 3.05) is 13.1 Å². The molecule has 0 unspecified atom stereocenters. The van der Waals surface area contributed by atoms with Crippen LogP contribution in [0.15, 0.2) is 65.5 Å². The fourth-order valence-electron chi connectivity index (χ4n) is 3.34. The van der Waals surface area contributed by atoms with Crippen LogP contribution < -0.4 is 10.9 Å². The molecule has 0 radical (unpaired) electrons. The number of pyridine rings is 1. The van der Waals surface area contributed by atoms with Gasteiger partial charge in [0.25, 0.3) is 11.5 Å². The molecule has 4 rings (SSSR count). The first-order valence-electron chi connectivity index (χ1n) is 9.86. The molecule has 0 spiro atoms. The normalized spacial score (nSPS) is 13.4. The first-order valence-corrected chi connectivity index (χ1v) is 9.86. The van der Waals surface area contributed by atoms with Crippen LogP contribution in [-0.4, -0.2) is 41.0 Å². The van der Waals surface area contributed by atoms with E-state index in [1.165, 1.54) is 23.1 Å². The van der Waals surface area contributed by atoms with Crippen molar-refractivity contribution in [3.05, 3.63) is 93.8 Å². The highest BCUT2D eigenvalue weighted by atomic mass is 19.1. The number of aromatic nitrogens is 1. The van der Waals surface area contributed by atoms with Crippen LogP contribution in [-0.2, 0) is 11.3 Å². The summed E-state index contributed by atoms with van der Waals surface area (Å²) in [6, 6.07) is 14.6. The average molecular weight is 439 g/mol. The number of rotatable bonds is 5. The van der Waals surface area contributed by atoms with Gasteiger partial charge in [0.2, 0.25) is 0 Å². The van der Waals surface area contributed by atoms with E-state index in [1.807, 2.05) is 30.3 Å². The lowest BCUT2D eigenvalue weighted by Gasteiger charge is -2.39. The van der Waals surface area contributed by atoms with E-state index >= 15 is 0 Å². The van der Waals surface area contributed by atoms with Gasteiger partial charge in [0.05, 0.1) is 11.7 Å². The Morgan fingerprint density at radius 3 is 2.50 bits per heavy atom. The predicted molar refractivity (Wildman–Crippen MR) is 112 cm³/mol. The first-order chi connectivity index (χ1) is 15.4. The minimum absolute atomic E-state index is 0.0183. The number of amides is 2. The van der Waals surface area contributed by atoms with Crippen LogP contribution in [0.3, 0.4) is 0 Å². The van der Waals surface area contributed by atoms with Gasteiger partial charge in [-0.15, -0.1) is 0 Å². The zero-order valence-corrected chi connectivity index (χ0v) is 16.8. The highest BCUT2D eigenvalue weighted by molar-refractivity contribution is 5.94. The second-order valence-corrected chi connectivity index (χ2v) is 7.35. The number of ether oxygens (including phenoxy) is 1. The molecule has 0 aliphatic carbocycles. The van der Waals surface area contributed by atoms with Crippen LogP contribution in [0.4, 0.5) is 13.6 Å². The summed E-state index contributed by atoms with van der Waals surface area (Å²) < 4.78 is 32.2. The molecule has 7 nitrogen and oxygen atoms in total. The number of carbonyl (C=O) groups excluding carboxylic acids is 2. The molecule has 3 aromatic rings. The molecule has 0 saturated carbocycles. The van der Waals surface area contributed by atoms with Crippen molar-refractivity contribution in [1.29, 1.82) is 0 Å².